The van der Waals surface area contributed by atoms with Crippen molar-refractivity contribution in [1.29, 1.82) is 0 Å². The van der Waals surface area contributed by atoms with Gasteiger partial charge in [-0.05, 0) is 36.4 Å². The Hall–Kier alpha value is -2.83. The smallest absolute Gasteiger partial charge is 0.416 e. The molecule has 4 nitrogen and oxygen atoms in total. The van der Waals surface area contributed by atoms with Gasteiger partial charge < -0.3 is 10.1 Å². The second kappa shape index (κ2) is 6.51. The number of rotatable bonds is 3. The molecule has 23 heavy (non-hydrogen) atoms. The van der Waals surface area contributed by atoms with Gasteiger partial charge in [0, 0.05) is 5.69 Å². The second-order valence-corrected chi connectivity index (χ2v) is 4.57. The first kappa shape index (κ1) is 16.5. The van der Waals surface area contributed by atoms with Crippen LogP contribution in [0.5, 0.6) is 0 Å². The van der Waals surface area contributed by atoms with Gasteiger partial charge in [0.15, 0.2) is 0 Å². The van der Waals surface area contributed by atoms with Crippen LogP contribution in [0.3, 0.4) is 0 Å². The summed E-state index contributed by atoms with van der Waals surface area (Å²) in [6.07, 6.45) is -4.44. The van der Waals surface area contributed by atoms with Gasteiger partial charge >= 0.3 is 12.1 Å². The highest BCUT2D eigenvalue weighted by Gasteiger charge is 2.30. The number of ether oxygens (including phenoxy) is 1. The fourth-order valence-electron chi connectivity index (χ4n) is 1.91. The molecule has 0 unspecified atom stereocenters. The molecule has 2 aromatic rings. The quantitative estimate of drug-likeness (QED) is 0.875. The Balaban J connectivity index is 2.22. The lowest BCUT2D eigenvalue weighted by atomic mass is 10.1. The molecule has 0 aliphatic rings. The van der Waals surface area contributed by atoms with Crippen molar-refractivity contribution in [3.8, 4) is 0 Å². The molecule has 2 rings (SSSR count). The third kappa shape index (κ3) is 3.88. The number of carbonyl (C=O) groups excluding carboxylic acids is 2. The summed E-state index contributed by atoms with van der Waals surface area (Å²) in [5.41, 5.74) is -0.494. The Morgan fingerprint density at radius 2 is 1.52 bits per heavy atom. The fourth-order valence-corrected chi connectivity index (χ4v) is 1.91. The van der Waals surface area contributed by atoms with Crippen LogP contribution in [0.15, 0.2) is 48.5 Å². The standard InChI is InChI=1S/C16H12F3NO3/c1-23-15(22)13-5-3-2-4-12(13)14(21)20-11-8-6-10(7-9-11)16(17,18)19/h2-9H,1H3,(H,20,21). The van der Waals surface area contributed by atoms with E-state index < -0.39 is 23.6 Å². The molecule has 0 aliphatic carbocycles. The molecule has 2 aromatic carbocycles. The van der Waals surface area contributed by atoms with Crippen LogP contribution < -0.4 is 5.32 Å². The van der Waals surface area contributed by atoms with Gasteiger partial charge in [-0.3, -0.25) is 4.79 Å². The maximum Gasteiger partial charge on any atom is 0.416 e. The molecular formula is C16H12F3NO3. The van der Waals surface area contributed by atoms with Crippen LogP contribution in [0.2, 0.25) is 0 Å². The topological polar surface area (TPSA) is 55.4 Å². The number of hydrogen-bond donors (Lipinski definition) is 1. The molecule has 0 saturated carbocycles. The molecule has 0 aliphatic heterocycles. The number of benzene rings is 2. The SMILES string of the molecule is COC(=O)c1ccccc1C(=O)Nc1ccc(C(F)(F)F)cc1. The number of methoxy groups -OCH3 is 1. The van der Waals surface area contributed by atoms with Gasteiger partial charge in [-0.2, -0.15) is 13.2 Å². The molecular weight excluding hydrogens is 311 g/mol. The molecule has 120 valence electrons. The number of hydrogen-bond acceptors (Lipinski definition) is 3. The fraction of sp³-hybridized carbons (Fsp3) is 0.125. The van der Waals surface area contributed by atoms with Crippen molar-refractivity contribution < 1.29 is 27.5 Å². The summed E-state index contributed by atoms with van der Waals surface area (Å²) < 4.78 is 42.1. The number of carbonyl (C=O) groups is 2. The van der Waals surface area contributed by atoms with Crippen molar-refractivity contribution >= 4 is 17.6 Å². The molecule has 0 saturated heterocycles. The predicted octanol–water partition coefficient (Wildman–Crippen LogP) is 3.74. The maximum atomic E-state index is 12.5. The molecule has 0 fully saturated rings. The van der Waals surface area contributed by atoms with E-state index >= 15 is 0 Å². The molecule has 0 spiro atoms. The van der Waals surface area contributed by atoms with E-state index in [9.17, 15) is 22.8 Å². The van der Waals surface area contributed by atoms with Crippen LogP contribution >= 0.6 is 0 Å². The van der Waals surface area contributed by atoms with Crippen LogP contribution in [-0.2, 0) is 10.9 Å². The first-order chi connectivity index (χ1) is 10.8. The number of anilines is 1. The number of amides is 1. The first-order valence-electron chi connectivity index (χ1n) is 6.49. The van der Waals surface area contributed by atoms with Gasteiger partial charge in [-0.15, -0.1) is 0 Å². The van der Waals surface area contributed by atoms with Crippen molar-refractivity contribution in [2.45, 2.75) is 6.18 Å². The van der Waals surface area contributed by atoms with E-state index in [-0.39, 0.29) is 16.8 Å². The first-order valence-corrected chi connectivity index (χ1v) is 6.49. The lowest BCUT2D eigenvalue weighted by Crippen LogP contribution is -2.17. The van der Waals surface area contributed by atoms with E-state index in [0.29, 0.717) is 0 Å². The van der Waals surface area contributed by atoms with E-state index in [2.05, 4.69) is 10.1 Å². The zero-order chi connectivity index (χ0) is 17.0. The van der Waals surface area contributed by atoms with Crippen molar-refractivity contribution in [2.24, 2.45) is 0 Å². The maximum absolute atomic E-state index is 12.5. The van der Waals surface area contributed by atoms with Crippen LogP contribution in [0.25, 0.3) is 0 Å². The Morgan fingerprint density at radius 3 is 2.04 bits per heavy atom. The summed E-state index contributed by atoms with van der Waals surface area (Å²) in [5.74, 6) is -1.30. The average molecular weight is 323 g/mol. The summed E-state index contributed by atoms with van der Waals surface area (Å²) in [6.45, 7) is 0. The van der Waals surface area contributed by atoms with Gasteiger partial charge in [0.1, 0.15) is 0 Å². The highest BCUT2D eigenvalue weighted by molar-refractivity contribution is 6.11. The average Bonchev–Trinajstić information content (AvgIpc) is 2.53. The number of nitrogens with one attached hydrogen (secondary N) is 1. The van der Waals surface area contributed by atoms with E-state index in [0.717, 1.165) is 24.3 Å². The molecule has 0 atom stereocenters. The monoisotopic (exact) mass is 323 g/mol. The van der Waals surface area contributed by atoms with Crippen LogP contribution in [0, 0.1) is 0 Å². The van der Waals surface area contributed by atoms with E-state index in [4.69, 9.17) is 0 Å². The Morgan fingerprint density at radius 1 is 0.957 bits per heavy atom. The lowest BCUT2D eigenvalue weighted by molar-refractivity contribution is -0.137. The summed E-state index contributed by atoms with van der Waals surface area (Å²) in [7, 11) is 1.19. The highest BCUT2D eigenvalue weighted by Crippen LogP contribution is 2.29. The summed E-state index contributed by atoms with van der Waals surface area (Å²) in [5, 5.41) is 2.44. The molecule has 1 N–H and O–H groups in total. The van der Waals surface area contributed by atoms with Crippen LogP contribution in [0.1, 0.15) is 26.3 Å². The molecule has 0 bridgehead atoms. The van der Waals surface area contributed by atoms with Crippen molar-refractivity contribution in [3.63, 3.8) is 0 Å². The minimum atomic E-state index is -4.44. The number of halogens is 3. The minimum Gasteiger partial charge on any atom is -0.465 e. The Bertz CT molecular complexity index is 724. The third-order valence-electron chi connectivity index (χ3n) is 3.05. The Labute approximate surface area is 129 Å². The van der Waals surface area contributed by atoms with Crippen molar-refractivity contribution in [3.05, 3.63) is 65.2 Å². The number of alkyl halides is 3. The summed E-state index contributed by atoms with van der Waals surface area (Å²) >= 11 is 0. The van der Waals surface area contributed by atoms with E-state index in [1.807, 2.05) is 0 Å². The van der Waals surface area contributed by atoms with E-state index in [1.54, 1.807) is 12.1 Å². The van der Waals surface area contributed by atoms with Gasteiger partial charge in [0.05, 0.1) is 23.8 Å². The van der Waals surface area contributed by atoms with Gasteiger partial charge in [-0.25, -0.2) is 4.79 Å². The molecule has 0 radical (unpaired) electrons. The van der Waals surface area contributed by atoms with Crippen molar-refractivity contribution in [2.75, 3.05) is 12.4 Å². The predicted molar refractivity (Wildman–Crippen MR) is 77.2 cm³/mol. The molecule has 1 amide bonds. The van der Waals surface area contributed by atoms with Gasteiger partial charge in [0.2, 0.25) is 0 Å². The van der Waals surface area contributed by atoms with Crippen molar-refractivity contribution in [1.82, 2.24) is 0 Å². The highest BCUT2D eigenvalue weighted by atomic mass is 19.4. The second-order valence-electron chi connectivity index (χ2n) is 4.57. The minimum absolute atomic E-state index is 0.0687. The third-order valence-corrected chi connectivity index (χ3v) is 3.05. The molecule has 0 aromatic heterocycles. The van der Waals surface area contributed by atoms with Crippen LogP contribution in [-0.4, -0.2) is 19.0 Å². The summed E-state index contributed by atoms with van der Waals surface area (Å²) in [4.78, 5) is 23.8. The normalized spacial score (nSPS) is 11.0. The molecule has 7 heteroatoms. The molecule has 0 heterocycles. The number of esters is 1. The van der Waals surface area contributed by atoms with E-state index in [1.165, 1.54) is 19.2 Å². The van der Waals surface area contributed by atoms with Gasteiger partial charge in [0.25, 0.3) is 5.91 Å². The largest absolute Gasteiger partial charge is 0.465 e. The zero-order valence-corrected chi connectivity index (χ0v) is 12.0. The lowest BCUT2D eigenvalue weighted by Gasteiger charge is -2.10. The Kier molecular flexibility index (Phi) is 4.68. The van der Waals surface area contributed by atoms with Crippen LogP contribution in [0.4, 0.5) is 18.9 Å². The van der Waals surface area contributed by atoms with Gasteiger partial charge in [-0.1, -0.05) is 12.1 Å². The zero-order valence-electron chi connectivity index (χ0n) is 12.0. The summed E-state index contributed by atoms with van der Waals surface area (Å²) in [6, 6.07) is 9.99.